The molecule has 1 aliphatic heterocycles. The van der Waals surface area contributed by atoms with Gasteiger partial charge in [0.25, 0.3) is 0 Å². The lowest BCUT2D eigenvalue weighted by molar-refractivity contribution is -0.153. The Kier molecular flexibility index (Phi) is 5.42. The molecule has 1 saturated heterocycles. The highest BCUT2D eigenvalue weighted by Crippen LogP contribution is 2.43. The summed E-state index contributed by atoms with van der Waals surface area (Å²) >= 11 is 0. The topological polar surface area (TPSA) is 181 Å². The number of aromatic nitrogens is 4. The summed E-state index contributed by atoms with van der Waals surface area (Å²) in [6.07, 6.45) is -2.06. The first-order chi connectivity index (χ1) is 12.7. The van der Waals surface area contributed by atoms with Gasteiger partial charge in [0.1, 0.15) is 24.1 Å². The van der Waals surface area contributed by atoms with Gasteiger partial charge in [0.15, 0.2) is 23.8 Å². The quantitative estimate of drug-likeness (QED) is 0.410. The van der Waals surface area contributed by atoms with Gasteiger partial charge in [-0.2, -0.15) is 0 Å². The molecule has 2 aromatic heterocycles. The van der Waals surface area contributed by atoms with E-state index in [1.54, 1.807) is 0 Å². The van der Waals surface area contributed by atoms with E-state index in [4.69, 9.17) is 19.7 Å². The van der Waals surface area contributed by atoms with Gasteiger partial charge in [-0.15, -0.1) is 0 Å². The van der Waals surface area contributed by atoms with Crippen molar-refractivity contribution in [1.82, 2.24) is 19.5 Å². The number of nitrogens with zero attached hydrogens (tertiary/aromatic N) is 4. The van der Waals surface area contributed by atoms with Gasteiger partial charge in [-0.05, 0) is 0 Å². The van der Waals surface area contributed by atoms with Crippen LogP contribution in [0.4, 0.5) is 5.82 Å². The molecule has 27 heavy (non-hydrogen) atoms. The molecule has 0 aromatic carbocycles. The summed E-state index contributed by atoms with van der Waals surface area (Å²) in [5.41, 5.74) is 6.34. The van der Waals surface area contributed by atoms with Crippen molar-refractivity contribution in [3.63, 3.8) is 0 Å². The number of nitrogen functional groups attached to an aromatic ring is 1. The van der Waals surface area contributed by atoms with Crippen molar-refractivity contribution in [3.8, 4) is 0 Å². The van der Waals surface area contributed by atoms with Crippen LogP contribution in [0.3, 0.4) is 0 Å². The Bertz CT molecular complexity index is 891. The number of ether oxygens (including phenoxy) is 2. The molecule has 14 heteroatoms. The molecule has 0 aliphatic carbocycles. The van der Waals surface area contributed by atoms with Crippen molar-refractivity contribution in [2.75, 3.05) is 19.5 Å². The van der Waals surface area contributed by atoms with E-state index in [2.05, 4.69) is 19.5 Å². The smallest absolute Gasteiger partial charge is 0.457 e. The minimum absolute atomic E-state index is 0.143. The van der Waals surface area contributed by atoms with Gasteiger partial charge in [-0.1, -0.05) is 0 Å². The molecular weight excluding hydrogens is 385 g/mol. The summed E-state index contributed by atoms with van der Waals surface area (Å²) in [4.78, 5) is 32.7. The lowest BCUT2D eigenvalue weighted by Crippen LogP contribution is -2.37. The Labute approximate surface area is 152 Å². The maximum absolute atomic E-state index is 11.5. The first kappa shape index (κ1) is 19.6. The Balaban J connectivity index is 1.89. The number of hydrogen-bond donors (Lipinski definition) is 3. The number of nitrogens with two attached hydrogens (primary N) is 1. The lowest BCUT2D eigenvalue weighted by Gasteiger charge is -2.20. The minimum Gasteiger partial charge on any atom is -0.457 e. The van der Waals surface area contributed by atoms with E-state index < -0.39 is 44.9 Å². The Hall–Kier alpha value is -2.15. The summed E-state index contributed by atoms with van der Waals surface area (Å²) in [6.45, 7) is 0.682. The number of hydrogen-bond acceptors (Lipinski definition) is 11. The van der Waals surface area contributed by atoms with Crippen molar-refractivity contribution in [2.45, 2.75) is 31.5 Å². The highest BCUT2D eigenvalue weighted by atomic mass is 31.2. The summed E-state index contributed by atoms with van der Waals surface area (Å²) in [7, 11) is -3.29. The number of carbonyl (C=O) groups is 1. The van der Waals surface area contributed by atoms with Crippen LogP contribution in [0.2, 0.25) is 0 Å². The standard InChI is InChI=1S/C13H18N5O8P/c1-6(19)25-10-7(3-24-27(21,22)23-2)26-13(9(10)20)18-5-17-8-11(14)15-4-16-12(8)18/h4-5,7,9-10,13,20H,3H2,1-2H3,(H,21,22)(H2,14,15,16)/t7-,9?,10+,13-/m1/s1. The summed E-state index contributed by atoms with van der Waals surface area (Å²) in [5.74, 6) is -0.529. The first-order valence-corrected chi connectivity index (χ1v) is 9.20. The number of rotatable bonds is 6. The second-order valence-electron chi connectivity index (χ2n) is 5.66. The number of phosphoric ester groups is 1. The number of esters is 1. The van der Waals surface area contributed by atoms with E-state index in [-0.39, 0.29) is 5.82 Å². The van der Waals surface area contributed by atoms with E-state index in [1.165, 1.54) is 17.2 Å². The van der Waals surface area contributed by atoms with E-state index >= 15 is 0 Å². The van der Waals surface area contributed by atoms with Crippen LogP contribution in [0.1, 0.15) is 13.2 Å². The molecule has 0 bridgehead atoms. The number of aliphatic hydroxyl groups is 1. The Morgan fingerprint density at radius 2 is 2.19 bits per heavy atom. The van der Waals surface area contributed by atoms with Gasteiger partial charge in [0.2, 0.25) is 0 Å². The fourth-order valence-electron chi connectivity index (χ4n) is 2.70. The van der Waals surface area contributed by atoms with Gasteiger partial charge >= 0.3 is 13.8 Å². The van der Waals surface area contributed by atoms with Gasteiger partial charge in [0.05, 0.1) is 12.9 Å². The van der Waals surface area contributed by atoms with Gasteiger partial charge in [-0.25, -0.2) is 19.5 Å². The molecule has 0 amide bonds. The molecule has 3 heterocycles. The third-order valence-corrected chi connectivity index (χ3v) is 4.84. The van der Waals surface area contributed by atoms with Gasteiger partial charge in [0, 0.05) is 14.0 Å². The van der Waals surface area contributed by atoms with Crippen molar-refractivity contribution in [2.24, 2.45) is 0 Å². The molecule has 0 spiro atoms. The monoisotopic (exact) mass is 403 g/mol. The molecular formula is C13H18N5O8P. The van der Waals surface area contributed by atoms with Crippen molar-refractivity contribution >= 4 is 30.8 Å². The van der Waals surface area contributed by atoms with Crippen LogP contribution in [0.15, 0.2) is 12.7 Å². The summed E-state index contributed by atoms with van der Waals surface area (Å²) < 4.78 is 32.8. The number of fused-ring (bicyclic) bond motifs is 1. The van der Waals surface area contributed by atoms with Crippen LogP contribution in [-0.4, -0.2) is 67.5 Å². The van der Waals surface area contributed by atoms with Crippen LogP contribution < -0.4 is 5.73 Å². The molecule has 0 radical (unpaired) electrons. The lowest BCUT2D eigenvalue weighted by atomic mass is 10.1. The molecule has 0 saturated carbocycles. The maximum atomic E-state index is 11.5. The fraction of sp³-hybridized carbons (Fsp3) is 0.538. The molecule has 5 atom stereocenters. The molecule has 2 aromatic rings. The van der Waals surface area contributed by atoms with Gasteiger partial charge in [-0.3, -0.25) is 18.4 Å². The summed E-state index contributed by atoms with van der Waals surface area (Å²) in [6, 6.07) is 0. The molecule has 148 valence electrons. The summed E-state index contributed by atoms with van der Waals surface area (Å²) in [5, 5.41) is 10.6. The van der Waals surface area contributed by atoms with Crippen LogP contribution >= 0.6 is 7.82 Å². The average Bonchev–Trinajstić information content (AvgIpc) is 3.16. The number of carbonyl (C=O) groups excluding carboxylic acids is 1. The van der Waals surface area contributed by atoms with E-state index in [0.717, 1.165) is 14.0 Å². The molecule has 4 N–H and O–H groups in total. The van der Waals surface area contributed by atoms with Crippen molar-refractivity contribution in [3.05, 3.63) is 12.7 Å². The molecule has 1 aliphatic rings. The molecule has 3 rings (SSSR count). The number of anilines is 1. The predicted octanol–water partition coefficient (Wildman–Crippen LogP) is -0.638. The number of imidazole rings is 1. The first-order valence-electron chi connectivity index (χ1n) is 7.70. The normalized spacial score (nSPS) is 27.6. The molecule has 13 nitrogen and oxygen atoms in total. The Morgan fingerprint density at radius 3 is 2.85 bits per heavy atom. The maximum Gasteiger partial charge on any atom is 0.472 e. The predicted molar refractivity (Wildman–Crippen MR) is 88.0 cm³/mol. The minimum atomic E-state index is -4.29. The Morgan fingerprint density at radius 1 is 1.44 bits per heavy atom. The third kappa shape index (κ3) is 3.93. The SMILES string of the molecule is COP(=O)(O)OC[C@H]1O[C@@H](n2cnc3c(N)ncnc32)C(O)[C@H]1OC(C)=O. The van der Waals surface area contributed by atoms with Gasteiger partial charge < -0.3 is 25.2 Å². The van der Waals surface area contributed by atoms with Crippen molar-refractivity contribution in [1.29, 1.82) is 0 Å². The average molecular weight is 403 g/mol. The highest BCUT2D eigenvalue weighted by Gasteiger charge is 2.48. The van der Waals surface area contributed by atoms with Crippen LogP contribution in [0, 0.1) is 0 Å². The van der Waals surface area contributed by atoms with Crippen molar-refractivity contribution < 1.29 is 37.9 Å². The highest BCUT2D eigenvalue weighted by molar-refractivity contribution is 7.47. The fourth-order valence-corrected chi connectivity index (χ4v) is 3.14. The zero-order valence-corrected chi connectivity index (χ0v) is 15.2. The van der Waals surface area contributed by atoms with Crippen LogP contribution in [0.5, 0.6) is 0 Å². The zero-order chi connectivity index (χ0) is 19.8. The number of aliphatic hydroxyl groups excluding tert-OH is 1. The second-order valence-corrected chi connectivity index (χ2v) is 7.22. The van der Waals surface area contributed by atoms with E-state index in [0.29, 0.717) is 11.2 Å². The largest absolute Gasteiger partial charge is 0.472 e. The number of phosphoric acid groups is 1. The second kappa shape index (κ2) is 7.46. The van der Waals surface area contributed by atoms with E-state index in [9.17, 15) is 19.4 Å². The zero-order valence-electron chi connectivity index (χ0n) is 14.3. The van der Waals surface area contributed by atoms with Crippen LogP contribution in [-0.2, 0) is 27.9 Å². The molecule has 2 unspecified atom stereocenters. The van der Waals surface area contributed by atoms with Crippen LogP contribution in [0.25, 0.3) is 11.2 Å². The van der Waals surface area contributed by atoms with E-state index in [1.807, 2.05) is 0 Å². The molecule has 1 fully saturated rings. The third-order valence-electron chi connectivity index (χ3n) is 3.91.